The maximum atomic E-state index is 12.2. The maximum absolute atomic E-state index is 12.2. The summed E-state index contributed by atoms with van der Waals surface area (Å²) >= 11 is 1.59. The van der Waals surface area contributed by atoms with Gasteiger partial charge in [-0.3, -0.25) is 9.48 Å². The molecule has 0 aromatic carbocycles. The van der Waals surface area contributed by atoms with Gasteiger partial charge in [-0.25, -0.2) is 0 Å². The molecule has 96 valence electrons. The largest absolute Gasteiger partial charge is 0.338 e. The van der Waals surface area contributed by atoms with Crippen molar-refractivity contribution in [1.29, 1.82) is 5.26 Å². The van der Waals surface area contributed by atoms with Gasteiger partial charge in [0, 0.05) is 26.3 Å². The Balaban J connectivity index is 2.02. The van der Waals surface area contributed by atoms with Gasteiger partial charge < -0.3 is 4.90 Å². The van der Waals surface area contributed by atoms with Crippen molar-refractivity contribution in [2.45, 2.75) is 17.6 Å². The molecule has 2 rings (SSSR count). The zero-order valence-electron chi connectivity index (χ0n) is 10.6. The molecular formula is C12H16N4OS. The Labute approximate surface area is 111 Å². The van der Waals surface area contributed by atoms with E-state index in [1.165, 1.54) is 0 Å². The molecule has 1 fully saturated rings. The lowest BCUT2D eigenvalue weighted by molar-refractivity contribution is 0.0716. The number of hydrogen-bond donors (Lipinski definition) is 0. The number of amides is 1. The monoisotopic (exact) mass is 264 g/mol. The van der Waals surface area contributed by atoms with Gasteiger partial charge in [0.2, 0.25) is 0 Å². The first-order chi connectivity index (χ1) is 8.60. The highest BCUT2D eigenvalue weighted by atomic mass is 32.2. The summed E-state index contributed by atoms with van der Waals surface area (Å²) in [5.74, 6) is 0.00995. The molecule has 0 radical (unpaired) electrons. The molecule has 1 saturated heterocycles. The molecular weight excluding hydrogens is 248 g/mol. The third kappa shape index (κ3) is 2.36. The summed E-state index contributed by atoms with van der Waals surface area (Å²) in [7, 11) is 1.79. The molecule has 18 heavy (non-hydrogen) atoms. The summed E-state index contributed by atoms with van der Waals surface area (Å²) in [5, 5.41) is 13.2. The van der Waals surface area contributed by atoms with E-state index >= 15 is 0 Å². The third-order valence-corrected chi connectivity index (χ3v) is 4.69. The van der Waals surface area contributed by atoms with Crippen molar-refractivity contribution >= 4 is 17.7 Å². The lowest BCUT2D eigenvalue weighted by Gasteiger charge is -2.35. The van der Waals surface area contributed by atoms with Crippen molar-refractivity contribution in [1.82, 2.24) is 14.7 Å². The molecule has 0 aliphatic carbocycles. The van der Waals surface area contributed by atoms with Crippen molar-refractivity contribution < 1.29 is 4.79 Å². The molecule has 1 aromatic rings. The van der Waals surface area contributed by atoms with Crippen molar-refractivity contribution in [2.75, 3.05) is 19.3 Å². The smallest absolute Gasteiger partial charge is 0.257 e. The molecule has 6 heteroatoms. The molecule has 0 saturated carbocycles. The van der Waals surface area contributed by atoms with Crippen LogP contribution < -0.4 is 0 Å². The molecule has 0 unspecified atom stereocenters. The fourth-order valence-corrected chi connectivity index (χ4v) is 2.83. The number of aromatic nitrogens is 2. The van der Waals surface area contributed by atoms with E-state index in [1.54, 1.807) is 35.9 Å². The number of aryl methyl sites for hydroxylation is 1. The van der Waals surface area contributed by atoms with Crippen LogP contribution in [0.2, 0.25) is 0 Å². The first kappa shape index (κ1) is 13.0. The average molecular weight is 264 g/mol. The minimum Gasteiger partial charge on any atom is -0.338 e. The van der Waals surface area contributed by atoms with Crippen molar-refractivity contribution in [3.8, 4) is 6.07 Å². The molecule has 1 aliphatic rings. The van der Waals surface area contributed by atoms with Gasteiger partial charge in [0.15, 0.2) is 0 Å². The average Bonchev–Trinajstić information content (AvgIpc) is 2.85. The third-order valence-electron chi connectivity index (χ3n) is 3.40. The van der Waals surface area contributed by atoms with E-state index in [-0.39, 0.29) is 10.7 Å². The van der Waals surface area contributed by atoms with Crippen LogP contribution in [0.3, 0.4) is 0 Å². The number of carbonyl (C=O) groups excluding carboxylic acids is 1. The number of likely N-dealkylation sites (tertiary alicyclic amines) is 1. The molecule has 1 amide bonds. The molecule has 0 bridgehead atoms. The van der Waals surface area contributed by atoms with E-state index in [4.69, 9.17) is 0 Å². The zero-order chi connectivity index (χ0) is 13.2. The van der Waals surface area contributed by atoms with Gasteiger partial charge in [0.25, 0.3) is 5.91 Å². The molecule has 5 nitrogen and oxygen atoms in total. The second-order valence-corrected chi connectivity index (χ2v) is 5.69. The van der Waals surface area contributed by atoms with E-state index in [2.05, 4.69) is 11.2 Å². The van der Waals surface area contributed by atoms with E-state index in [1.807, 2.05) is 11.2 Å². The Morgan fingerprint density at radius 3 is 2.67 bits per heavy atom. The number of thioether (sulfide) groups is 1. The molecule has 0 N–H and O–H groups in total. The van der Waals surface area contributed by atoms with Gasteiger partial charge in [0.1, 0.15) is 4.75 Å². The van der Waals surface area contributed by atoms with Gasteiger partial charge in [0.05, 0.1) is 17.8 Å². The highest BCUT2D eigenvalue weighted by Crippen LogP contribution is 2.34. The quantitative estimate of drug-likeness (QED) is 0.807. The minimum absolute atomic E-state index is 0.00995. The van der Waals surface area contributed by atoms with Crippen LogP contribution in [0.15, 0.2) is 12.4 Å². The van der Waals surface area contributed by atoms with Gasteiger partial charge in [-0.1, -0.05) is 0 Å². The van der Waals surface area contributed by atoms with Crippen LogP contribution in [0.25, 0.3) is 0 Å². The Kier molecular flexibility index (Phi) is 3.62. The van der Waals surface area contributed by atoms with Crippen molar-refractivity contribution in [2.24, 2.45) is 7.05 Å². The number of hydrogen-bond acceptors (Lipinski definition) is 4. The van der Waals surface area contributed by atoms with Gasteiger partial charge in [-0.15, -0.1) is 11.8 Å². The molecule has 1 aliphatic heterocycles. The van der Waals surface area contributed by atoms with E-state index in [9.17, 15) is 10.1 Å². The van der Waals surface area contributed by atoms with Crippen molar-refractivity contribution in [3.63, 3.8) is 0 Å². The van der Waals surface area contributed by atoms with Crippen LogP contribution in [-0.4, -0.2) is 44.7 Å². The molecule has 0 atom stereocenters. The summed E-state index contributed by atoms with van der Waals surface area (Å²) in [6.45, 7) is 1.28. The Morgan fingerprint density at radius 1 is 1.56 bits per heavy atom. The lowest BCUT2D eigenvalue weighted by Crippen LogP contribution is -2.44. The normalized spacial score (nSPS) is 18.4. The minimum atomic E-state index is -0.314. The summed E-state index contributed by atoms with van der Waals surface area (Å²) in [5.41, 5.74) is 0.617. The second kappa shape index (κ2) is 5.02. The number of piperidine rings is 1. The van der Waals surface area contributed by atoms with Crippen LogP contribution in [0.5, 0.6) is 0 Å². The fraction of sp³-hybridized carbons (Fsp3) is 0.583. The number of rotatable bonds is 2. The van der Waals surface area contributed by atoms with Crippen molar-refractivity contribution in [3.05, 3.63) is 18.0 Å². The van der Waals surface area contributed by atoms with Crippen LogP contribution in [0.1, 0.15) is 23.2 Å². The second-order valence-electron chi connectivity index (χ2n) is 4.51. The summed E-state index contributed by atoms with van der Waals surface area (Å²) < 4.78 is 1.31. The predicted molar refractivity (Wildman–Crippen MR) is 70.2 cm³/mol. The van der Waals surface area contributed by atoms with Gasteiger partial charge >= 0.3 is 0 Å². The topological polar surface area (TPSA) is 61.9 Å². The summed E-state index contributed by atoms with van der Waals surface area (Å²) in [6.07, 6.45) is 6.74. The van der Waals surface area contributed by atoms with Crippen LogP contribution in [0, 0.1) is 11.3 Å². The first-order valence-corrected chi connectivity index (χ1v) is 7.07. The standard InChI is InChI=1S/C12H16N4OS/c1-15-8-10(7-14-15)11(17)16-5-3-12(9-13,18-2)4-6-16/h7-8H,3-6H2,1-2H3. The number of nitrogens with zero attached hydrogens (tertiary/aromatic N) is 4. The highest BCUT2D eigenvalue weighted by Gasteiger charge is 2.35. The zero-order valence-corrected chi connectivity index (χ0v) is 11.4. The van der Waals surface area contributed by atoms with Gasteiger partial charge in [-0.05, 0) is 19.1 Å². The summed E-state index contributed by atoms with van der Waals surface area (Å²) in [6, 6.07) is 2.38. The first-order valence-electron chi connectivity index (χ1n) is 5.84. The lowest BCUT2D eigenvalue weighted by atomic mass is 9.97. The Bertz CT molecular complexity index is 483. The van der Waals surface area contributed by atoms with E-state index < -0.39 is 0 Å². The summed E-state index contributed by atoms with van der Waals surface area (Å²) in [4.78, 5) is 14.0. The molecule has 2 heterocycles. The van der Waals surface area contributed by atoms with Crippen LogP contribution in [-0.2, 0) is 7.05 Å². The van der Waals surface area contributed by atoms with Crippen LogP contribution in [0.4, 0.5) is 0 Å². The SMILES string of the molecule is CSC1(C#N)CCN(C(=O)c2cnn(C)c2)CC1. The Hall–Kier alpha value is -1.48. The Morgan fingerprint density at radius 2 is 2.22 bits per heavy atom. The van der Waals surface area contributed by atoms with E-state index in [0.717, 1.165) is 12.8 Å². The number of nitriles is 1. The van der Waals surface area contributed by atoms with E-state index in [0.29, 0.717) is 18.7 Å². The highest BCUT2D eigenvalue weighted by molar-refractivity contribution is 8.00. The molecule has 0 spiro atoms. The fourth-order valence-electron chi connectivity index (χ4n) is 2.15. The maximum Gasteiger partial charge on any atom is 0.257 e. The molecule has 1 aromatic heterocycles. The van der Waals surface area contributed by atoms with Gasteiger partial charge in [-0.2, -0.15) is 10.4 Å². The number of carbonyl (C=O) groups is 1. The van der Waals surface area contributed by atoms with Crippen LogP contribution >= 0.6 is 11.8 Å². The predicted octanol–water partition coefficient (Wildman–Crippen LogP) is 1.28.